The predicted octanol–water partition coefficient (Wildman–Crippen LogP) is 8.17. The molecule has 4 aromatic carbocycles. The Hall–Kier alpha value is -3.38. The molecule has 2 aliphatic carbocycles. The SMILES string of the molecule is CCC1=Cc2c(-c3cccc(C)c3)cccc2C1c1cccc2c1Cc1ccccc1-2. The van der Waals surface area contributed by atoms with Gasteiger partial charge in [-0.05, 0) is 69.8 Å². The third-order valence-electron chi connectivity index (χ3n) is 7.09. The zero-order valence-corrected chi connectivity index (χ0v) is 18.2. The van der Waals surface area contributed by atoms with E-state index in [4.69, 9.17) is 0 Å². The van der Waals surface area contributed by atoms with Crippen molar-refractivity contribution in [3.8, 4) is 22.3 Å². The molecule has 0 N–H and O–H groups in total. The lowest BCUT2D eigenvalue weighted by atomic mass is 9.82. The fraction of sp³-hybridized carbons (Fsp3) is 0.161. The highest BCUT2D eigenvalue weighted by atomic mass is 14.3. The molecule has 0 radical (unpaired) electrons. The zero-order chi connectivity index (χ0) is 20.9. The van der Waals surface area contributed by atoms with E-state index < -0.39 is 0 Å². The summed E-state index contributed by atoms with van der Waals surface area (Å²) in [6.45, 7) is 4.47. The molecule has 1 unspecified atom stereocenters. The van der Waals surface area contributed by atoms with Gasteiger partial charge in [-0.3, -0.25) is 0 Å². The van der Waals surface area contributed by atoms with Gasteiger partial charge in [-0.25, -0.2) is 0 Å². The van der Waals surface area contributed by atoms with Crippen molar-refractivity contribution in [2.24, 2.45) is 0 Å². The van der Waals surface area contributed by atoms with E-state index in [0.29, 0.717) is 5.92 Å². The van der Waals surface area contributed by atoms with Crippen LogP contribution in [0.1, 0.15) is 52.6 Å². The first kappa shape index (κ1) is 18.4. The Morgan fingerprint density at radius 2 is 1.48 bits per heavy atom. The number of benzene rings is 4. The van der Waals surface area contributed by atoms with E-state index >= 15 is 0 Å². The molecule has 1 atom stereocenters. The molecule has 0 bridgehead atoms. The van der Waals surface area contributed by atoms with E-state index in [9.17, 15) is 0 Å². The van der Waals surface area contributed by atoms with Gasteiger partial charge < -0.3 is 0 Å². The van der Waals surface area contributed by atoms with Gasteiger partial charge in [0.1, 0.15) is 0 Å². The van der Waals surface area contributed by atoms with Crippen LogP contribution in [0.5, 0.6) is 0 Å². The molecule has 0 aromatic heterocycles. The molecule has 0 fully saturated rings. The van der Waals surface area contributed by atoms with Crippen LogP contribution < -0.4 is 0 Å². The highest BCUT2D eigenvalue weighted by Crippen LogP contribution is 2.49. The molecule has 6 rings (SSSR count). The summed E-state index contributed by atoms with van der Waals surface area (Å²) >= 11 is 0. The Labute approximate surface area is 184 Å². The van der Waals surface area contributed by atoms with Crippen molar-refractivity contribution in [2.75, 3.05) is 0 Å². The minimum atomic E-state index is 0.356. The molecular formula is C31H26. The maximum absolute atomic E-state index is 2.47. The van der Waals surface area contributed by atoms with Crippen LogP contribution in [-0.2, 0) is 6.42 Å². The van der Waals surface area contributed by atoms with Crippen LogP contribution >= 0.6 is 0 Å². The minimum absolute atomic E-state index is 0.356. The molecule has 0 saturated heterocycles. The van der Waals surface area contributed by atoms with Crippen molar-refractivity contribution in [1.29, 1.82) is 0 Å². The highest BCUT2D eigenvalue weighted by Gasteiger charge is 2.31. The highest BCUT2D eigenvalue weighted by molar-refractivity contribution is 5.85. The lowest BCUT2D eigenvalue weighted by Gasteiger charge is -2.21. The number of aryl methyl sites for hydroxylation is 1. The first-order valence-corrected chi connectivity index (χ1v) is 11.3. The second-order valence-corrected chi connectivity index (χ2v) is 8.89. The minimum Gasteiger partial charge on any atom is -0.0619 e. The number of fused-ring (bicyclic) bond motifs is 4. The van der Waals surface area contributed by atoms with Crippen molar-refractivity contribution in [3.05, 3.63) is 124 Å². The number of hydrogen-bond donors (Lipinski definition) is 0. The summed E-state index contributed by atoms with van der Waals surface area (Å²) in [5.41, 5.74) is 15.7. The van der Waals surface area contributed by atoms with E-state index in [1.165, 1.54) is 61.2 Å². The van der Waals surface area contributed by atoms with Gasteiger partial charge >= 0.3 is 0 Å². The summed E-state index contributed by atoms with van der Waals surface area (Å²) in [6, 6.07) is 31.6. The summed E-state index contributed by atoms with van der Waals surface area (Å²) < 4.78 is 0. The predicted molar refractivity (Wildman–Crippen MR) is 131 cm³/mol. The molecule has 0 heteroatoms. The summed E-state index contributed by atoms with van der Waals surface area (Å²) in [6.07, 6.45) is 4.59. The van der Waals surface area contributed by atoms with E-state index in [-0.39, 0.29) is 0 Å². The molecule has 0 spiro atoms. The monoisotopic (exact) mass is 398 g/mol. The smallest absolute Gasteiger partial charge is 0.0311 e. The van der Waals surface area contributed by atoms with Gasteiger partial charge in [-0.1, -0.05) is 109 Å². The van der Waals surface area contributed by atoms with Crippen molar-refractivity contribution in [3.63, 3.8) is 0 Å². The lowest BCUT2D eigenvalue weighted by molar-refractivity contribution is 0.895. The maximum atomic E-state index is 2.47. The van der Waals surface area contributed by atoms with Gasteiger partial charge in [-0.2, -0.15) is 0 Å². The molecule has 0 amide bonds. The fourth-order valence-electron chi connectivity index (χ4n) is 5.65. The maximum Gasteiger partial charge on any atom is 0.0311 e. The summed E-state index contributed by atoms with van der Waals surface area (Å²) in [5.74, 6) is 0.356. The molecule has 2 aliphatic rings. The summed E-state index contributed by atoms with van der Waals surface area (Å²) in [5, 5.41) is 0. The van der Waals surface area contributed by atoms with Crippen LogP contribution in [0.25, 0.3) is 28.3 Å². The quantitative estimate of drug-likeness (QED) is 0.287. The number of allylic oxidation sites excluding steroid dienone is 1. The average Bonchev–Trinajstić information content (AvgIpc) is 3.37. The number of rotatable bonds is 3. The normalized spacial score (nSPS) is 15.9. The van der Waals surface area contributed by atoms with Crippen molar-refractivity contribution in [1.82, 2.24) is 0 Å². The molecule has 4 aromatic rings. The van der Waals surface area contributed by atoms with Crippen LogP contribution in [0.3, 0.4) is 0 Å². The van der Waals surface area contributed by atoms with Gasteiger partial charge in [0.15, 0.2) is 0 Å². The van der Waals surface area contributed by atoms with E-state index in [0.717, 1.165) is 12.8 Å². The first-order valence-electron chi connectivity index (χ1n) is 11.3. The van der Waals surface area contributed by atoms with Crippen molar-refractivity contribution < 1.29 is 0 Å². The van der Waals surface area contributed by atoms with Crippen LogP contribution in [0.4, 0.5) is 0 Å². The third-order valence-corrected chi connectivity index (χ3v) is 7.09. The second kappa shape index (κ2) is 7.10. The number of hydrogen-bond acceptors (Lipinski definition) is 0. The third kappa shape index (κ3) is 2.82. The van der Waals surface area contributed by atoms with E-state index in [1.54, 1.807) is 0 Å². The Bertz CT molecular complexity index is 1350. The van der Waals surface area contributed by atoms with Gasteiger partial charge in [0.05, 0.1) is 0 Å². The van der Waals surface area contributed by atoms with Crippen molar-refractivity contribution >= 4 is 6.08 Å². The van der Waals surface area contributed by atoms with Crippen LogP contribution in [-0.4, -0.2) is 0 Å². The molecule has 0 saturated carbocycles. The van der Waals surface area contributed by atoms with Gasteiger partial charge in [0, 0.05) is 5.92 Å². The second-order valence-electron chi connectivity index (χ2n) is 8.89. The Morgan fingerprint density at radius 1 is 0.742 bits per heavy atom. The lowest BCUT2D eigenvalue weighted by Crippen LogP contribution is -2.05. The summed E-state index contributed by atoms with van der Waals surface area (Å²) in [4.78, 5) is 0. The first-order chi connectivity index (χ1) is 15.2. The van der Waals surface area contributed by atoms with E-state index in [2.05, 4.69) is 105 Å². The molecular weight excluding hydrogens is 372 g/mol. The molecule has 0 aliphatic heterocycles. The van der Waals surface area contributed by atoms with Crippen LogP contribution in [0.15, 0.2) is 90.5 Å². The molecule has 0 nitrogen and oxygen atoms in total. The molecule has 31 heavy (non-hydrogen) atoms. The van der Waals surface area contributed by atoms with Gasteiger partial charge in [0.25, 0.3) is 0 Å². The standard InChI is InChI=1S/C31H26/c1-3-21-18-29-25(22-11-6-9-20(2)17-22)13-7-15-27(29)31(21)28-16-8-14-26-24-12-5-4-10-23(24)19-30(26)28/h4-18,31H,3,19H2,1-2H3. The van der Waals surface area contributed by atoms with Crippen LogP contribution in [0.2, 0.25) is 0 Å². The Balaban J connectivity index is 1.53. The molecule has 0 heterocycles. The van der Waals surface area contributed by atoms with Crippen LogP contribution in [0, 0.1) is 6.92 Å². The Kier molecular flexibility index (Phi) is 4.21. The average molecular weight is 399 g/mol. The van der Waals surface area contributed by atoms with Gasteiger partial charge in [0.2, 0.25) is 0 Å². The largest absolute Gasteiger partial charge is 0.0619 e. The topological polar surface area (TPSA) is 0 Å². The van der Waals surface area contributed by atoms with Crippen molar-refractivity contribution in [2.45, 2.75) is 32.6 Å². The van der Waals surface area contributed by atoms with Gasteiger partial charge in [-0.15, -0.1) is 0 Å². The summed E-state index contributed by atoms with van der Waals surface area (Å²) in [7, 11) is 0. The molecule has 150 valence electrons. The van der Waals surface area contributed by atoms with E-state index in [1.807, 2.05) is 0 Å². The zero-order valence-electron chi connectivity index (χ0n) is 18.2. The Morgan fingerprint density at radius 3 is 2.32 bits per heavy atom. The fourth-order valence-corrected chi connectivity index (χ4v) is 5.65.